The van der Waals surface area contributed by atoms with Gasteiger partial charge in [0, 0.05) is 51.2 Å². The van der Waals surface area contributed by atoms with E-state index in [4.69, 9.17) is 11.6 Å². The van der Waals surface area contributed by atoms with E-state index in [1.807, 2.05) is 4.90 Å². The van der Waals surface area contributed by atoms with Gasteiger partial charge in [-0.1, -0.05) is 11.6 Å². The van der Waals surface area contributed by atoms with Gasteiger partial charge in [-0.15, -0.1) is 0 Å². The van der Waals surface area contributed by atoms with Gasteiger partial charge in [-0.25, -0.2) is 0 Å². The topological polar surface area (TPSA) is 39.7 Å². The lowest BCUT2D eigenvalue weighted by molar-refractivity contribution is -0.0131. The summed E-state index contributed by atoms with van der Waals surface area (Å²) >= 11 is 6.11. The van der Waals surface area contributed by atoms with E-state index in [0.717, 1.165) is 32.1 Å². The minimum atomic E-state index is 0.0333. The number of carbonyl (C=O) groups is 1. The first-order valence-corrected chi connectivity index (χ1v) is 8.95. The fourth-order valence-electron chi connectivity index (χ4n) is 4.32. The first-order chi connectivity index (χ1) is 11.2. The number of fused-ring (bicyclic) bond motifs is 3. The van der Waals surface area contributed by atoms with Gasteiger partial charge >= 0.3 is 0 Å². The fraction of sp³-hybridized carbons (Fsp3) is 0.647. The van der Waals surface area contributed by atoms with Crippen molar-refractivity contribution < 1.29 is 4.79 Å². The van der Waals surface area contributed by atoms with Crippen LogP contribution in [0.1, 0.15) is 23.2 Å². The Kier molecular flexibility index (Phi) is 4.26. The van der Waals surface area contributed by atoms with E-state index in [1.54, 1.807) is 12.3 Å². The zero-order chi connectivity index (χ0) is 15.8. The molecule has 1 aromatic heterocycles. The summed E-state index contributed by atoms with van der Waals surface area (Å²) in [6.07, 6.45) is 5.85. The number of piperazine rings is 1. The minimum Gasteiger partial charge on any atom is -0.336 e. The molecule has 0 unspecified atom stereocenters. The van der Waals surface area contributed by atoms with Crippen molar-refractivity contribution in [3.05, 3.63) is 29.0 Å². The van der Waals surface area contributed by atoms with Crippen LogP contribution < -0.4 is 0 Å². The fourth-order valence-corrected chi connectivity index (χ4v) is 4.52. The third kappa shape index (κ3) is 2.97. The van der Waals surface area contributed by atoms with Crippen molar-refractivity contribution in [2.24, 2.45) is 5.92 Å². The normalized spacial score (nSPS) is 31.3. The van der Waals surface area contributed by atoms with Crippen molar-refractivity contribution in [2.45, 2.75) is 18.9 Å². The Bertz CT molecular complexity index is 580. The second-order valence-corrected chi connectivity index (χ2v) is 7.30. The van der Waals surface area contributed by atoms with E-state index in [2.05, 4.69) is 14.8 Å². The number of nitrogens with zero attached hydrogens (tertiary/aromatic N) is 4. The molecule has 0 aromatic carbocycles. The number of rotatable bonds is 2. The molecule has 0 radical (unpaired) electrons. The lowest BCUT2D eigenvalue weighted by atomic mass is 9.83. The summed E-state index contributed by atoms with van der Waals surface area (Å²) in [5, 5.41) is 0.442. The van der Waals surface area contributed by atoms with Crippen molar-refractivity contribution in [1.29, 1.82) is 0 Å². The van der Waals surface area contributed by atoms with Gasteiger partial charge in [0.15, 0.2) is 0 Å². The second kappa shape index (κ2) is 6.38. The Morgan fingerprint density at radius 1 is 1.13 bits per heavy atom. The van der Waals surface area contributed by atoms with Gasteiger partial charge in [-0.05, 0) is 37.9 Å². The van der Waals surface area contributed by atoms with Gasteiger partial charge < -0.3 is 9.80 Å². The van der Waals surface area contributed by atoms with Crippen LogP contribution in [-0.2, 0) is 0 Å². The maximum Gasteiger partial charge on any atom is 0.255 e. The van der Waals surface area contributed by atoms with Crippen molar-refractivity contribution >= 4 is 17.5 Å². The quantitative estimate of drug-likeness (QED) is 0.823. The molecule has 5 nitrogen and oxygen atoms in total. The summed E-state index contributed by atoms with van der Waals surface area (Å²) in [6.45, 7) is 7.31. The molecule has 5 rings (SSSR count). The Morgan fingerprint density at radius 3 is 2.48 bits per heavy atom. The smallest absolute Gasteiger partial charge is 0.255 e. The maximum absolute atomic E-state index is 12.6. The average molecular weight is 335 g/mol. The molecule has 0 N–H and O–H groups in total. The molecule has 1 aromatic rings. The lowest BCUT2D eigenvalue weighted by Gasteiger charge is -2.51. The number of pyridine rings is 1. The van der Waals surface area contributed by atoms with E-state index < -0.39 is 0 Å². The molecule has 0 spiro atoms. The van der Waals surface area contributed by atoms with Crippen LogP contribution in [0.4, 0.5) is 0 Å². The van der Waals surface area contributed by atoms with Gasteiger partial charge in [0.1, 0.15) is 0 Å². The lowest BCUT2D eigenvalue weighted by Crippen LogP contribution is -2.61. The van der Waals surface area contributed by atoms with Gasteiger partial charge in [0.2, 0.25) is 0 Å². The van der Waals surface area contributed by atoms with Gasteiger partial charge in [-0.2, -0.15) is 0 Å². The highest BCUT2D eigenvalue weighted by atomic mass is 35.5. The summed E-state index contributed by atoms with van der Waals surface area (Å²) < 4.78 is 0. The van der Waals surface area contributed by atoms with Crippen LogP contribution in [0.2, 0.25) is 5.02 Å². The number of piperidine rings is 3. The zero-order valence-electron chi connectivity index (χ0n) is 13.3. The van der Waals surface area contributed by atoms with Crippen LogP contribution in [0.25, 0.3) is 0 Å². The van der Waals surface area contributed by atoms with Crippen LogP contribution in [0.15, 0.2) is 18.5 Å². The van der Waals surface area contributed by atoms with Crippen LogP contribution >= 0.6 is 11.6 Å². The SMILES string of the molecule is O=C(c1ccncc1Cl)N1CCN([C@@H]2CN3CCC2CC3)CC1. The monoisotopic (exact) mass is 334 g/mol. The van der Waals surface area contributed by atoms with Crippen LogP contribution in [0.5, 0.6) is 0 Å². The molecular formula is C17H23ClN4O. The van der Waals surface area contributed by atoms with E-state index >= 15 is 0 Å². The van der Waals surface area contributed by atoms with E-state index in [9.17, 15) is 4.79 Å². The summed E-state index contributed by atoms with van der Waals surface area (Å²) in [7, 11) is 0. The molecule has 4 saturated heterocycles. The molecule has 1 amide bonds. The van der Waals surface area contributed by atoms with Gasteiger partial charge in [0.25, 0.3) is 5.91 Å². The highest BCUT2D eigenvalue weighted by Crippen LogP contribution is 2.31. The molecule has 2 bridgehead atoms. The molecule has 4 aliphatic rings. The third-order valence-corrected chi connectivity index (χ3v) is 6.00. The van der Waals surface area contributed by atoms with Crippen molar-refractivity contribution in [3.63, 3.8) is 0 Å². The number of amides is 1. The summed E-state index contributed by atoms with van der Waals surface area (Å²) in [5.74, 6) is 0.892. The summed E-state index contributed by atoms with van der Waals surface area (Å²) in [6, 6.07) is 2.41. The molecule has 124 valence electrons. The number of hydrogen-bond donors (Lipinski definition) is 0. The van der Waals surface area contributed by atoms with Crippen molar-refractivity contribution in [3.8, 4) is 0 Å². The van der Waals surface area contributed by atoms with E-state index in [1.165, 1.54) is 38.7 Å². The van der Waals surface area contributed by atoms with E-state index in [-0.39, 0.29) is 5.91 Å². The summed E-state index contributed by atoms with van der Waals surface area (Å²) in [5.41, 5.74) is 0.568. The summed E-state index contributed by atoms with van der Waals surface area (Å²) in [4.78, 5) is 23.7. The minimum absolute atomic E-state index is 0.0333. The Labute approximate surface area is 142 Å². The molecule has 0 saturated carbocycles. The largest absolute Gasteiger partial charge is 0.336 e. The first-order valence-electron chi connectivity index (χ1n) is 8.57. The molecule has 1 atom stereocenters. The third-order valence-electron chi connectivity index (χ3n) is 5.69. The molecule has 4 aliphatic heterocycles. The van der Waals surface area contributed by atoms with Crippen LogP contribution in [-0.4, -0.2) is 77.4 Å². The van der Waals surface area contributed by atoms with Gasteiger partial charge in [-0.3, -0.25) is 14.7 Å². The van der Waals surface area contributed by atoms with E-state index in [0.29, 0.717) is 16.6 Å². The molecule has 23 heavy (non-hydrogen) atoms. The number of halogens is 1. The van der Waals surface area contributed by atoms with Crippen LogP contribution in [0, 0.1) is 5.92 Å². The molecule has 6 heteroatoms. The maximum atomic E-state index is 12.6. The molecule has 4 fully saturated rings. The Balaban J connectivity index is 1.38. The highest BCUT2D eigenvalue weighted by Gasteiger charge is 2.38. The first kappa shape index (κ1) is 15.4. The Hall–Kier alpha value is -1.17. The van der Waals surface area contributed by atoms with Crippen LogP contribution in [0.3, 0.4) is 0 Å². The predicted octanol–water partition coefficient (Wildman–Crippen LogP) is 1.59. The number of aromatic nitrogens is 1. The predicted molar refractivity (Wildman–Crippen MR) is 89.7 cm³/mol. The Morgan fingerprint density at radius 2 is 1.87 bits per heavy atom. The van der Waals surface area contributed by atoms with Crippen molar-refractivity contribution in [1.82, 2.24) is 19.7 Å². The van der Waals surface area contributed by atoms with Gasteiger partial charge in [0.05, 0.1) is 10.6 Å². The number of carbonyl (C=O) groups excluding carboxylic acids is 1. The molecular weight excluding hydrogens is 312 g/mol. The molecule has 0 aliphatic carbocycles. The highest BCUT2D eigenvalue weighted by molar-refractivity contribution is 6.33. The number of hydrogen-bond acceptors (Lipinski definition) is 4. The standard InChI is InChI=1S/C17H23ClN4O/c18-15-11-19-4-1-14(15)17(23)22-9-7-21(8-10-22)16-12-20-5-2-13(16)3-6-20/h1,4,11,13,16H,2-3,5-10,12H2/t16-/m1/s1. The van der Waals surface area contributed by atoms with Crippen molar-refractivity contribution in [2.75, 3.05) is 45.8 Å². The zero-order valence-corrected chi connectivity index (χ0v) is 14.1. The molecule has 5 heterocycles. The second-order valence-electron chi connectivity index (χ2n) is 6.89. The average Bonchev–Trinajstić information content (AvgIpc) is 2.63.